The minimum Gasteiger partial charge on any atom is -0.454 e. The van der Waals surface area contributed by atoms with Crippen molar-refractivity contribution >= 4 is 19.8 Å². The second-order valence-electron chi connectivity index (χ2n) is 7.50. The monoisotopic (exact) mass is 399 g/mol. The van der Waals surface area contributed by atoms with Crippen LogP contribution in [0.15, 0.2) is 48.3 Å². The maximum atomic E-state index is 12.9. The van der Waals surface area contributed by atoms with E-state index in [1.807, 2.05) is 29.3 Å². The first-order valence-electron chi connectivity index (χ1n) is 9.61. The fourth-order valence-electron chi connectivity index (χ4n) is 3.61. The molecule has 2 unspecified atom stereocenters. The number of ether oxygens (including phenoxy) is 2. The average Bonchev–Trinajstić information content (AvgIpc) is 3.15. The number of amides is 1. The Labute approximate surface area is 167 Å². The number of nitrogens with zero attached hydrogens (tertiary/aromatic N) is 2. The Bertz CT molecular complexity index is 862. The van der Waals surface area contributed by atoms with Crippen molar-refractivity contribution in [1.29, 1.82) is 0 Å². The number of fused-ring (bicyclic) bond motifs is 2. The van der Waals surface area contributed by atoms with Gasteiger partial charge in [-0.05, 0) is 35.0 Å². The predicted molar refractivity (Wildman–Crippen MR) is 112 cm³/mol. The van der Waals surface area contributed by atoms with Crippen molar-refractivity contribution in [3.63, 3.8) is 0 Å². The van der Waals surface area contributed by atoms with Gasteiger partial charge in [0.05, 0.1) is 11.5 Å². The van der Waals surface area contributed by atoms with E-state index >= 15 is 0 Å². The first-order valence-corrected chi connectivity index (χ1v) is 10.7. The second kappa shape index (κ2) is 7.98. The van der Waals surface area contributed by atoms with Crippen LogP contribution in [0, 0.1) is 5.92 Å². The van der Waals surface area contributed by atoms with Crippen LogP contribution in [0.5, 0.6) is 11.5 Å². The molecule has 6 nitrogen and oxygen atoms in total. The Hall–Kier alpha value is -2.30. The molecule has 4 rings (SSSR count). The number of hydrogen-bond donors (Lipinski definition) is 1. The Morgan fingerprint density at radius 1 is 1.32 bits per heavy atom. The molecule has 1 aromatic carbocycles. The van der Waals surface area contributed by atoms with Gasteiger partial charge in [-0.1, -0.05) is 34.6 Å². The molecule has 0 fully saturated rings. The third kappa shape index (κ3) is 3.80. The van der Waals surface area contributed by atoms with Crippen molar-refractivity contribution in [2.24, 2.45) is 11.7 Å². The highest BCUT2D eigenvalue weighted by molar-refractivity contribution is 7.51. The lowest BCUT2D eigenvalue weighted by Crippen LogP contribution is -2.39. The summed E-state index contributed by atoms with van der Waals surface area (Å²) >= 11 is 0. The van der Waals surface area contributed by atoms with E-state index in [0.29, 0.717) is 21.0 Å². The molecule has 148 valence electrons. The number of allylic oxidation sites excluding steroid dienone is 1. The van der Waals surface area contributed by atoms with E-state index in [0.717, 1.165) is 41.2 Å². The molecule has 2 N–H and O–H groups in total. The molecule has 3 heterocycles. The van der Waals surface area contributed by atoms with E-state index in [4.69, 9.17) is 15.2 Å². The molecule has 0 aliphatic carbocycles. The maximum Gasteiger partial charge on any atom is 0.252 e. The highest BCUT2D eigenvalue weighted by atomic mass is 31.1. The van der Waals surface area contributed by atoms with Crippen LogP contribution >= 0.6 is 8.58 Å². The molecule has 0 spiro atoms. The molecule has 3 aliphatic heterocycles. The van der Waals surface area contributed by atoms with E-state index in [-0.39, 0.29) is 18.5 Å². The van der Waals surface area contributed by atoms with Gasteiger partial charge in [0.25, 0.3) is 5.91 Å². The molecule has 3 aliphatic rings. The van der Waals surface area contributed by atoms with Crippen LogP contribution in [0.2, 0.25) is 0 Å². The van der Waals surface area contributed by atoms with Crippen molar-refractivity contribution in [1.82, 2.24) is 9.80 Å². The van der Waals surface area contributed by atoms with Crippen molar-refractivity contribution in [3.05, 3.63) is 53.9 Å². The zero-order valence-electron chi connectivity index (χ0n) is 16.2. The molecule has 0 radical (unpaired) electrons. The van der Waals surface area contributed by atoms with Gasteiger partial charge < -0.3 is 25.0 Å². The third-order valence-electron chi connectivity index (χ3n) is 4.88. The highest BCUT2D eigenvalue weighted by Crippen LogP contribution is 2.46. The Balaban J connectivity index is 1.56. The van der Waals surface area contributed by atoms with E-state index in [2.05, 4.69) is 30.9 Å². The standard InChI is InChI=1S/C21H26N3O3P/c1-14(2)11-23(8-7-22)16-4-6-21-24(12-16)20(25)10-19(28-21)15-3-5-17-18(9-15)27-13-26-17/h3-6,9-10,12,14,21,28H,7-8,11,13,22H2,1-2H3. The van der Waals surface area contributed by atoms with Gasteiger partial charge in [-0.15, -0.1) is 0 Å². The van der Waals surface area contributed by atoms with Crippen LogP contribution in [0.3, 0.4) is 0 Å². The fraction of sp³-hybridized carbons (Fsp3) is 0.381. The predicted octanol–water partition coefficient (Wildman–Crippen LogP) is 2.93. The Morgan fingerprint density at radius 3 is 2.93 bits per heavy atom. The number of benzene rings is 1. The van der Waals surface area contributed by atoms with E-state index in [1.165, 1.54) is 0 Å². The lowest BCUT2D eigenvalue weighted by Gasteiger charge is -2.37. The Morgan fingerprint density at radius 2 is 2.14 bits per heavy atom. The number of nitrogens with two attached hydrogens (primary N) is 1. The summed E-state index contributed by atoms with van der Waals surface area (Å²) in [5, 5.41) is 1.05. The van der Waals surface area contributed by atoms with Crippen LogP contribution in [-0.2, 0) is 4.79 Å². The normalized spacial score (nSPS) is 21.1. The largest absolute Gasteiger partial charge is 0.454 e. The molecule has 28 heavy (non-hydrogen) atoms. The highest BCUT2D eigenvalue weighted by Gasteiger charge is 2.30. The Kier molecular flexibility index (Phi) is 5.42. The molecule has 0 aromatic heterocycles. The van der Waals surface area contributed by atoms with Crippen LogP contribution in [0.25, 0.3) is 5.31 Å². The summed E-state index contributed by atoms with van der Waals surface area (Å²) in [5.41, 5.74) is 7.86. The number of rotatable bonds is 6. The molecule has 0 saturated heterocycles. The molecule has 1 aromatic rings. The molecule has 0 bridgehead atoms. The summed E-state index contributed by atoms with van der Waals surface area (Å²) < 4.78 is 10.9. The van der Waals surface area contributed by atoms with E-state index in [9.17, 15) is 4.79 Å². The van der Waals surface area contributed by atoms with E-state index < -0.39 is 0 Å². The summed E-state index contributed by atoms with van der Waals surface area (Å²) in [6.45, 7) is 6.91. The lowest BCUT2D eigenvalue weighted by molar-refractivity contribution is -0.123. The lowest BCUT2D eigenvalue weighted by atomic mass is 10.1. The first-order chi connectivity index (χ1) is 13.5. The van der Waals surface area contributed by atoms with Gasteiger partial charge in [-0.25, -0.2) is 0 Å². The van der Waals surface area contributed by atoms with Gasteiger partial charge in [0.1, 0.15) is 0 Å². The molecule has 7 heteroatoms. The minimum atomic E-state index is 0.00973. The van der Waals surface area contributed by atoms with Gasteiger partial charge >= 0.3 is 0 Å². The number of carbonyl (C=O) groups is 1. The summed E-state index contributed by atoms with van der Waals surface area (Å²) in [6.07, 6.45) is 7.98. The minimum absolute atomic E-state index is 0.00973. The topological polar surface area (TPSA) is 68.0 Å². The molecule has 1 amide bonds. The van der Waals surface area contributed by atoms with Crippen molar-refractivity contribution < 1.29 is 14.3 Å². The second-order valence-corrected chi connectivity index (χ2v) is 8.92. The van der Waals surface area contributed by atoms with Crippen LogP contribution in [-0.4, -0.2) is 47.9 Å². The molecule has 2 atom stereocenters. The zero-order chi connectivity index (χ0) is 19.7. The average molecular weight is 399 g/mol. The molecular weight excluding hydrogens is 373 g/mol. The third-order valence-corrected chi connectivity index (χ3v) is 6.39. The first kappa shape index (κ1) is 19.0. The van der Waals surface area contributed by atoms with Crippen molar-refractivity contribution in [3.8, 4) is 11.5 Å². The number of hydrogen-bond acceptors (Lipinski definition) is 5. The smallest absolute Gasteiger partial charge is 0.252 e. The molecule has 0 saturated carbocycles. The fourth-order valence-corrected chi connectivity index (χ4v) is 4.99. The maximum absolute atomic E-state index is 12.9. The van der Waals surface area contributed by atoms with Gasteiger partial charge in [0.2, 0.25) is 6.79 Å². The van der Waals surface area contributed by atoms with E-state index in [1.54, 1.807) is 6.08 Å². The quantitative estimate of drug-likeness (QED) is 0.745. The zero-order valence-corrected chi connectivity index (χ0v) is 17.2. The number of carbonyl (C=O) groups excluding carboxylic acids is 1. The van der Waals surface area contributed by atoms with Crippen molar-refractivity contribution in [2.45, 2.75) is 19.6 Å². The summed E-state index contributed by atoms with van der Waals surface area (Å²) in [5.74, 6) is 2.09. The summed E-state index contributed by atoms with van der Waals surface area (Å²) in [4.78, 5) is 17.0. The molecular formula is C21H26N3O3P. The van der Waals surface area contributed by atoms with Crippen LogP contribution in [0.4, 0.5) is 0 Å². The van der Waals surface area contributed by atoms with Crippen molar-refractivity contribution in [2.75, 3.05) is 26.4 Å². The van der Waals surface area contributed by atoms with Gasteiger partial charge in [-0.2, -0.15) is 0 Å². The van der Waals surface area contributed by atoms with Gasteiger partial charge in [0, 0.05) is 31.9 Å². The summed E-state index contributed by atoms with van der Waals surface area (Å²) in [6, 6.07) is 5.86. The summed E-state index contributed by atoms with van der Waals surface area (Å²) in [7, 11) is 0.476. The van der Waals surface area contributed by atoms with Gasteiger partial charge in [0.15, 0.2) is 11.5 Å². The van der Waals surface area contributed by atoms with Crippen LogP contribution < -0.4 is 15.2 Å². The van der Waals surface area contributed by atoms with Crippen LogP contribution in [0.1, 0.15) is 19.4 Å². The van der Waals surface area contributed by atoms with Gasteiger partial charge in [-0.3, -0.25) is 4.79 Å². The SMILES string of the molecule is CC(C)CN(CCN)C1=CN2C(=O)C=C(c3ccc4c(c3)OCO4)PC2C=C1.